The monoisotopic (exact) mass is 238 g/mol. The molecule has 2 rings (SSSR count). The molecule has 1 aliphatic heterocycles. The van der Waals surface area contributed by atoms with Crippen molar-refractivity contribution in [2.45, 2.75) is 0 Å². The van der Waals surface area contributed by atoms with Gasteiger partial charge < -0.3 is 9.47 Å². The first-order chi connectivity index (χ1) is 7.86. The molecule has 0 atom stereocenters. The van der Waals surface area contributed by atoms with Gasteiger partial charge in [-0.2, -0.15) is 5.10 Å². The third-order valence-electron chi connectivity index (χ3n) is 1.77. The van der Waals surface area contributed by atoms with Gasteiger partial charge in [-0.25, -0.2) is 5.43 Å². The lowest BCUT2D eigenvalue weighted by Crippen LogP contribution is -2.24. The molecule has 0 aromatic carbocycles. The van der Waals surface area contributed by atoms with Gasteiger partial charge in [-0.3, -0.25) is 4.79 Å². The Morgan fingerprint density at radius 2 is 2.50 bits per heavy atom. The van der Waals surface area contributed by atoms with Crippen LogP contribution >= 0.6 is 11.3 Å². The molecule has 0 spiro atoms. The van der Waals surface area contributed by atoms with Crippen molar-refractivity contribution in [1.82, 2.24) is 5.43 Å². The van der Waals surface area contributed by atoms with Crippen molar-refractivity contribution in [1.29, 1.82) is 0 Å². The summed E-state index contributed by atoms with van der Waals surface area (Å²) in [6.07, 6.45) is 2.87. The fourth-order valence-corrected chi connectivity index (χ4v) is 1.65. The van der Waals surface area contributed by atoms with Gasteiger partial charge in [0.25, 0.3) is 0 Å². The minimum Gasteiger partial charge on any atom is -0.494 e. The van der Waals surface area contributed by atoms with Crippen LogP contribution < -0.4 is 5.43 Å². The molecule has 0 unspecified atom stereocenters. The summed E-state index contributed by atoms with van der Waals surface area (Å²) < 4.78 is 10.0. The van der Waals surface area contributed by atoms with E-state index in [-0.39, 0.29) is 5.76 Å². The van der Waals surface area contributed by atoms with E-state index in [0.717, 1.165) is 4.88 Å². The van der Waals surface area contributed by atoms with Gasteiger partial charge >= 0.3 is 5.91 Å². The quantitative estimate of drug-likeness (QED) is 0.633. The molecule has 1 amide bonds. The molecule has 6 heteroatoms. The number of thiophene rings is 1. The normalized spacial score (nSPS) is 15.1. The van der Waals surface area contributed by atoms with Gasteiger partial charge in [0.2, 0.25) is 5.76 Å². The molecule has 1 N–H and O–H groups in total. The summed E-state index contributed by atoms with van der Waals surface area (Å²) in [6.45, 7) is 0.850. The summed E-state index contributed by atoms with van der Waals surface area (Å²) in [5.74, 6) is -0.262. The standard InChI is InChI=1S/C10H10N2O3S/c13-10(9-7-14-3-4-15-9)12-11-6-8-2-1-5-16-8/h1-2,5-7H,3-4H2,(H,12,13)/b11-6-. The molecular weight excluding hydrogens is 228 g/mol. The topological polar surface area (TPSA) is 59.9 Å². The van der Waals surface area contributed by atoms with Crippen LogP contribution in [0.3, 0.4) is 0 Å². The smallest absolute Gasteiger partial charge is 0.309 e. The summed E-state index contributed by atoms with van der Waals surface area (Å²) in [7, 11) is 0. The summed E-state index contributed by atoms with van der Waals surface area (Å²) in [5.41, 5.74) is 2.35. The second kappa shape index (κ2) is 5.32. The highest BCUT2D eigenvalue weighted by atomic mass is 32.1. The van der Waals surface area contributed by atoms with Crippen molar-refractivity contribution in [3.8, 4) is 0 Å². The number of carbonyl (C=O) groups is 1. The van der Waals surface area contributed by atoms with E-state index in [9.17, 15) is 4.79 Å². The summed E-state index contributed by atoms with van der Waals surface area (Å²) in [4.78, 5) is 12.4. The number of nitrogens with zero attached hydrogens (tertiary/aromatic N) is 1. The second-order valence-corrected chi connectivity index (χ2v) is 3.90. The highest BCUT2D eigenvalue weighted by Gasteiger charge is 2.13. The number of hydrogen-bond acceptors (Lipinski definition) is 5. The molecule has 1 aromatic rings. The summed E-state index contributed by atoms with van der Waals surface area (Å²) >= 11 is 1.54. The average Bonchev–Trinajstić information content (AvgIpc) is 2.83. The molecule has 0 bridgehead atoms. The van der Waals surface area contributed by atoms with Crippen molar-refractivity contribution in [3.63, 3.8) is 0 Å². The minimum absolute atomic E-state index is 0.148. The minimum atomic E-state index is -0.410. The van der Waals surface area contributed by atoms with Crippen molar-refractivity contribution in [2.75, 3.05) is 13.2 Å². The van der Waals surface area contributed by atoms with Gasteiger partial charge in [-0.05, 0) is 11.4 Å². The van der Waals surface area contributed by atoms with E-state index < -0.39 is 5.91 Å². The highest BCUT2D eigenvalue weighted by Crippen LogP contribution is 2.05. The Hall–Kier alpha value is -1.82. The molecule has 1 aromatic heterocycles. The first-order valence-corrected chi connectivity index (χ1v) is 5.56. The van der Waals surface area contributed by atoms with E-state index in [1.165, 1.54) is 17.6 Å². The van der Waals surface area contributed by atoms with Gasteiger partial charge in [-0.1, -0.05) is 6.07 Å². The van der Waals surface area contributed by atoms with Gasteiger partial charge in [0.1, 0.15) is 19.5 Å². The van der Waals surface area contributed by atoms with E-state index in [0.29, 0.717) is 13.2 Å². The maximum absolute atomic E-state index is 11.4. The third kappa shape index (κ3) is 2.83. The van der Waals surface area contributed by atoms with Crippen LogP contribution in [0.25, 0.3) is 0 Å². The SMILES string of the molecule is O=C(N/N=C\c1cccs1)C1=COCCO1. The Kier molecular flexibility index (Phi) is 3.55. The Morgan fingerprint density at radius 3 is 3.19 bits per heavy atom. The van der Waals surface area contributed by atoms with Crippen molar-refractivity contribution >= 4 is 23.5 Å². The predicted octanol–water partition coefficient (Wildman–Crippen LogP) is 1.09. The average molecular weight is 238 g/mol. The van der Waals surface area contributed by atoms with Crippen LogP contribution in [-0.2, 0) is 14.3 Å². The molecule has 5 nitrogen and oxygen atoms in total. The molecule has 1 aliphatic rings. The fraction of sp³-hybridized carbons (Fsp3) is 0.200. The Balaban J connectivity index is 1.86. The summed E-state index contributed by atoms with van der Waals surface area (Å²) in [6, 6.07) is 3.81. The van der Waals surface area contributed by atoms with Gasteiger partial charge in [0.05, 0.1) is 6.21 Å². The molecule has 0 saturated heterocycles. The number of carbonyl (C=O) groups excluding carboxylic acids is 1. The van der Waals surface area contributed by atoms with Crippen molar-refractivity contribution < 1.29 is 14.3 Å². The van der Waals surface area contributed by atoms with E-state index in [2.05, 4.69) is 10.5 Å². The zero-order chi connectivity index (χ0) is 11.2. The fourth-order valence-electron chi connectivity index (χ4n) is 1.06. The van der Waals surface area contributed by atoms with Crippen LogP contribution in [0.1, 0.15) is 4.88 Å². The third-order valence-corrected chi connectivity index (χ3v) is 2.58. The van der Waals surface area contributed by atoms with Crippen LogP contribution in [0.2, 0.25) is 0 Å². The molecule has 16 heavy (non-hydrogen) atoms. The van der Waals surface area contributed by atoms with Gasteiger partial charge in [-0.15, -0.1) is 11.3 Å². The molecule has 84 valence electrons. The molecule has 0 radical (unpaired) electrons. The van der Waals surface area contributed by atoms with E-state index in [1.54, 1.807) is 6.21 Å². The summed E-state index contributed by atoms with van der Waals surface area (Å²) in [5, 5.41) is 5.73. The number of hydrazone groups is 1. The maximum atomic E-state index is 11.4. The number of nitrogens with one attached hydrogen (secondary N) is 1. The van der Waals surface area contributed by atoms with Crippen molar-refractivity contribution in [3.05, 3.63) is 34.4 Å². The first-order valence-electron chi connectivity index (χ1n) is 4.68. The molecule has 0 aliphatic carbocycles. The lowest BCUT2D eigenvalue weighted by Gasteiger charge is -2.13. The zero-order valence-electron chi connectivity index (χ0n) is 8.38. The van der Waals surface area contributed by atoms with E-state index in [4.69, 9.17) is 9.47 Å². The van der Waals surface area contributed by atoms with Gasteiger partial charge in [0.15, 0.2) is 0 Å². The first kappa shape index (κ1) is 10.7. The predicted molar refractivity (Wildman–Crippen MR) is 60.0 cm³/mol. The molecule has 0 fully saturated rings. The largest absolute Gasteiger partial charge is 0.494 e. The van der Waals surface area contributed by atoms with Gasteiger partial charge in [0, 0.05) is 4.88 Å². The van der Waals surface area contributed by atoms with E-state index >= 15 is 0 Å². The van der Waals surface area contributed by atoms with Crippen LogP contribution in [0, 0.1) is 0 Å². The van der Waals surface area contributed by atoms with Crippen molar-refractivity contribution in [2.24, 2.45) is 5.10 Å². The number of ether oxygens (including phenoxy) is 2. The highest BCUT2D eigenvalue weighted by molar-refractivity contribution is 7.11. The van der Waals surface area contributed by atoms with Crippen LogP contribution in [0.4, 0.5) is 0 Å². The number of rotatable bonds is 3. The maximum Gasteiger partial charge on any atom is 0.309 e. The van der Waals surface area contributed by atoms with Crippen LogP contribution in [0.5, 0.6) is 0 Å². The molecule has 2 heterocycles. The Morgan fingerprint density at radius 1 is 1.56 bits per heavy atom. The zero-order valence-corrected chi connectivity index (χ0v) is 9.20. The van der Waals surface area contributed by atoms with E-state index in [1.807, 2.05) is 17.5 Å². The molecular formula is C10H10N2O3S. The number of amides is 1. The Bertz CT molecular complexity index is 412. The lowest BCUT2D eigenvalue weighted by molar-refractivity contribution is -0.122. The Labute approximate surface area is 96.4 Å². The molecule has 0 saturated carbocycles. The van der Waals surface area contributed by atoms with Crippen LogP contribution in [-0.4, -0.2) is 25.3 Å². The second-order valence-electron chi connectivity index (χ2n) is 2.92. The lowest BCUT2D eigenvalue weighted by atomic mass is 10.5. The number of hydrogen-bond donors (Lipinski definition) is 1. The van der Waals surface area contributed by atoms with Crippen LogP contribution in [0.15, 0.2) is 34.6 Å².